The molecule has 0 fully saturated rings. The number of esters is 1. The first kappa shape index (κ1) is 22.7. The van der Waals surface area contributed by atoms with Crippen LogP contribution in [0.2, 0.25) is 0 Å². The standard InChI is InChI=1S/C24H24FNO4S/c1-30-23(27)9-5-6-18-10-12-20(13-11-18)24(19-7-3-2-4-8-19)26-31(28,29)22-16-14-21(25)15-17-22/h2-4,7-8,10-17,24,26H,5-6,9H2,1H3. The second kappa shape index (κ2) is 10.3. The quantitative estimate of drug-likeness (QED) is 0.500. The largest absolute Gasteiger partial charge is 0.469 e. The summed E-state index contributed by atoms with van der Waals surface area (Å²) in [6.45, 7) is 0. The van der Waals surface area contributed by atoms with Crippen molar-refractivity contribution in [1.82, 2.24) is 4.72 Å². The molecule has 0 saturated heterocycles. The Labute approximate surface area is 181 Å². The van der Waals surface area contributed by atoms with Crippen LogP contribution in [0.4, 0.5) is 4.39 Å². The van der Waals surface area contributed by atoms with Gasteiger partial charge in [0, 0.05) is 6.42 Å². The first-order valence-electron chi connectivity index (χ1n) is 9.87. The number of carbonyl (C=O) groups excluding carboxylic acids is 1. The molecular weight excluding hydrogens is 417 g/mol. The van der Waals surface area contributed by atoms with Crippen LogP contribution in [0.1, 0.15) is 35.6 Å². The second-order valence-electron chi connectivity index (χ2n) is 7.09. The zero-order chi connectivity index (χ0) is 22.3. The van der Waals surface area contributed by atoms with Gasteiger partial charge in [-0.15, -0.1) is 0 Å². The molecule has 0 aromatic heterocycles. The molecule has 1 N–H and O–H groups in total. The van der Waals surface area contributed by atoms with E-state index in [0.717, 1.165) is 28.8 Å². The number of rotatable bonds is 9. The topological polar surface area (TPSA) is 72.5 Å². The molecule has 7 heteroatoms. The van der Waals surface area contributed by atoms with E-state index in [9.17, 15) is 17.6 Å². The molecule has 31 heavy (non-hydrogen) atoms. The van der Waals surface area contributed by atoms with Gasteiger partial charge in [-0.1, -0.05) is 54.6 Å². The van der Waals surface area contributed by atoms with Crippen LogP contribution in [0.3, 0.4) is 0 Å². The number of benzene rings is 3. The number of ether oxygens (including phenoxy) is 1. The minimum atomic E-state index is -3.88. The highest BCUT2D eigenvalue weighted by Gasteiger charge is 2.23. The highest BCUT2D eigenvalue weighted by Crippen LogP contribution is 2.25. The summed E-state index contributed by atoms with van der Waals surface area (Å²) in [6.07, 6.45) is 1.74. The zero-order valence-corrected chi connectivity index (χ0v) is 17.9. The molecule has 3 aromatic carbocycles. The molecule has 0 aliphatic rings. The Bertz CT molecular complexity index is 1100. The van der Waals surface area contributed by atoms with Gasteiger partial charge in [-0.3, -0.25) is 4.79 Å². The van der Waals surface area contributed by atoms with E-state index in [4.69, 9.17) is 0 Å². The number of hydrogen-bond donors (Lipinski definition) is 1. The summed E-state index contributed by atoms with van der Waals surface area (Å²) in [5, 5.41) is 0. The van der Waals surface area contributed by atoms with Crippen LogP contribution < -0.4 is 4.72 Å². The van der Waals surface area contributed by atoms with Gasteiger partial charge in [0.25, 0.3) is 0 Å². The Kier molecular flexibility index (Phi) is 7.55. The SMILES string of the molecule is COC(=O)CCCc1ccc(C(NS(=O)(=O)c2ccc(F)cc2)c2ccccc2)cc1. The van der Waals surface area contributed by atoms with Crippen molar-refractivity contribution in [1.29, 1.82) is 0 Å². The maximum absolute atomic E-state index is 13.2. The lowest BCUT2D eigenvalue weighted by Gasteiger charge is -2.20. The molecule has 0 aliphatic carbocycles. The summed E-state index contributed by atoms with van der Waals surface area (Å²) in [6, 6.07) is 21.0. The van der Waals surface area contributed by atoms with E-state index in [1.54, 1.807) is 0 Å². The number of nitrogens with one attached hydrogen (secondary N) is 1. The van der Waals surface area contributed by atoms with Gasteiger partial charge in [0.05, 0.1) is 18.0 Å². The molecule has 0 radical (unpaired) electrons. The lowest BCUT2D eigenvalue weighted by Crippen LogP contribution is -2.29. The average Bonchev–Trinajstić information content (AvgIpc) is 2.79. The summed E-state index contributed by atoms with van der Waals surface area (Å²) < 4.78 is 46.5. The predicted molar refractivity (Wildman–Crippen MR) is 116 cm³/mol. The smallest absolute Gasteiger partial charge is 0.305 e. The predicted octanol–water partition coefficient (Wildman–Crippen LogP) is 4.39. The van der Waals surface area contributed by atoms with Crippen molar-refractivity contribution >= 4 is 16.0 Å². The van der Waals surface area contributed by atoms with Crippen molar-refractivity contribution in [3.63, 3.8) is 0 Å². The third-order valence-electron chi connectivity index (χ3n) is 4.92. The Balaban J connectivity index is 1.83. The van der Waals surface area contributed by atoms with E-state index >= 15 is 0 Å². The van der Waals surface area contributed by atoms with Crippen LogP contribution in [-0.4, -0.2) is 21.5 Å². The lowest BCUT2D eigenvalue weighted by molar-refractivity contribution is -0.140. The number of aryl methyl sites for hydroxylation is 1. The summed E-state index contributed by atoms with van der Waals surface area (Å²) >= 11 is 0. The fourth-order valence-electron chi connectivity index (χ4n) is 3.23. The molecular formula is C24H24FNO4S. The van der Waals surface area contributed by atoms with Crippen LogP contribution in [0.15, 0.2) is 83.8 Å². The molecule has 3 rings (SSSR count). The fraction of sp³-hybridized carbons (Fsp3) is 0.208. The highest BCUT2D eigenvalue weighted by molar-refractivity contribution is 7.89. The summed E-state index contributed by atoms with van der Waals surface area (Å²) in [4.78, 5) is 11.3. The average molecular weight is 442 g/mol. The van der Waals surface area contributed by atoms with Crippen molar-refractivity contribution < 1.29 is 22.3 Å². The van der Waals surface area contributed by atoms with Gasteiger partial charge in [-0.25, -0.2) is 12.8 Å². The summed E-state index contributed by atoms with van der Waals surface area (Å²) in [5.41, 5.74) is 2.60. The Morgan fingerprint density at radius 3 is 2.16 bits per heavy atom. The van der Waals surface area contributed by atoms with Crippen LogP contribution in [0.5, 0.6) is 0 Å². The normalized spacial score (nSPS) is 12.3. The van der Waals surface area contributed by atoms with Crippen molar-refractivity contribution in [2.75, 3.05) is 7.11 Å². The van der Waals surface area contributed by atoms with Gasteiger partial charge in [0.1, 0.15) is 5.82 Å². The third-order valence-corrected chi connectivity index (χ3v) is 6.36. The van der Waals surface area contributed by atoms with Gasteiger partial charge >= 0.3 is 5.97 Å². The van der Waals surface area contributed by atoms with Gasteiger partial charge in [-0.2, -0.15) is 4.72 Å². The van der Waals surface area contributed by atoms with Crippen LogP contribution in [-0.2, 0) is 26.0 Å². The molecule has 5 nitrogen and oxygen atoms in total. The van der Waals surface area contributed by atoms with E-state index in [0.29, 0.717) is 19.3 Å². The first-order chi connectivity index (χ1) is 14.9. The Hall–Kier alpha value is -3.03. The van der Waals surface area contributed by atoms with E-state index in [-0.39, 0.29) is 10.9 Å². The molecule has 1 unspecified atom stereocenters. The summed E-state index contributed by atoms with van der Waals surface area (Å²) in [5.74, 6) is -0.739. The molecule has 0 saturated carbocycles. The van der Waals surface area contributed by atoms with Gasteiger partial charge in [0.15, 0.2) is 0 Å². The number of halogens is 1. The van der Waals surface area contributed by atoms with Crippen molar-refractivity contribution in [2.45, 2.75) is 30.2 Å². The monoisotopic (exact) mass is 441 g/mol. The van der Waals surface area contributed by atoms with Crippen molar-refractivity contribution in [3.05, 3.63) is 101 Å². The number of hydrogen-bond acceptors (Lipinski definition) is 4. The number of carbonyl (C=O) groups is 1. The highest BCUT2D eigenvalue weighted by atomic mass is 32.2. The molecule has 0 bridgehead atoms. The molecule has 0 heterocycles. The number of methoxy groups -OCH3 is 1. The molecule has 0 amide bonds. The second-order valence-corrected chi connectivity index (χ2v) is 8.80. The van der Waals surface area contributed by atoms with E-state index in [1.807, 2.05) is 54.6 Å². The Morgan fingerprint density at radius 2 is 1.55 bits per heavy atom. The van der Waals surface area contributed by atoms with Gasteiger partial charge < -0.3 is 4.74 Å². The van der Waals surface area contributed by atoms with E-state index < -0.39 is 21.9 Å². The fourth-order valence-corrected chi connectivity index (χ4v) is 4.44. The van der Waals surface area contributed by atoms with Gasteiger partial charge in [-0.05, 0) is 53.8 Å². The first-order valence-corrected chi connectivity index (χ1v) is 11.4. The molecule has 0 aliphatic heterocycles. The maximum Gasteiger partial charge on any atom is 0.305 e. The minimum absolute atomic E-state index is 0.00531. The third kappa shape index (κ3) is 6.23. The molecule has 162 valence electrons. The zero-order valence-electron chi connectivity index (χ0n) is 17.1. The van der Waals surface area contributed by atoms with Crippen molar-refractivity contribution in [2.24, 2.45) is 0 Å². The van der Waals surface area contributed by atoms with Crippen molar-refractivity contribution in [3.8, 4) is 0 Å². The van der Waals surface area contributed by atoms with E-state index in [2.05, 4.69) is 9.46 Å². The van der Waals surface area contributed by atoms with E-state index in [1.165, 1.54) is 19.2 Å². The minimum Gasteiger partial charge on any atom is -0.469 e. The molecule has 1 atom stereocenters. The van der Waals surface area contributed by atoms with Crippen LogP contribution >= 0.6 is 0 Å². The summed E-state index contributed by atoms with van der Waals surface area (Å²) in [7, 11) is -2.51. The van der Waals surface area contributed by atoms with Crippen LogP contribution in [0.25, 0.3) is 0 Å². The van der Waals surface area contributed by atoms with Gasteiger partial charge in [0.2, 0.25) is 10.0 Å². The molecule has 0 spiro atoms. The Morgan fingerprint density at radius 1 is 0.935 bits per heavy atom. The lowest BCUT2D eigenvalue weighted by atomic mass is 9.97. The maximum atomic E-state index is 13.2. The van der Waals surface area contributed by atoms with Crippen LogP contribution in [0, 0.1) is 5.82 Å². The molecule has 3 aromatic rings. The number of sulfonamides is 1.